The Morgan fingerprint density at radius 3 is 1.59 bits per heavy atom. The van der Waals surface area contributed by atoms with Gasteiger partial charge >= 0.3 is 0 Å². The van der Waals surface area contributed by atoms with Gasteiger partial charge in [0.1, 0.15) is 5.82 Å². The van der Waals surface area contributed by atoms with Gasteiger partial charge in [0, 0.05) is 60.9 Å². The summed E-state index contributed by atoms with van der Waals surface area (Å²) in [7, 11) is 0. The van der Waals surface area contributed by atoms with Crippen molar-refractivity contribution in [3.8, 4) is 16.9 Å². The largest absolute Gasteiger partial charge is 0.493 e. The number of para-hydroxylation sites is 3. The minimum Gasteiger partial charge on any atom is -0.493 e. The third-order valence-electron chi connectivity index (χ3n) is 15.9. The van der Waals surface area contributed by atoms with Gasteiger partial charge in [-0.1, -0.05) is 211 Å². The molecule has 5 nitrogen and oxygen atoms in total. The molecule has 0 spiro atoms. The molecule has 1 aliphatic rings. The Bertz CT molecular complexity index is 3790. The van der Waals surface area contributed by atoms with Gasteiger partial charge in [-0.25, -0.2) is 4.98 Å². The molecule has 6 heteroatoms. The van der Waals surface area contributed by atoms with Crippen LogP contribution in [0.2, 0.25) is 0 Å². The topological polar surface area (TPSA) is 27.5 Å². The van der Waals surface area contributed by atoms with Crippen LogP contribution in [-0.2, 0) is 48.1 Å². The van der Waals surface area contributed by atoms with Crippen molar-refractivity contribution in [2.75, 3.05) is 14.7 Å². The summed E-state index contributed by atoms with van der Waals surface area (Å²) in [5.74, 6) is 0.845. The molecule has 0 bridgehead atoms. The molecular weight excluding hydrogens is 1140 g/mol. The molecule has 10 aromatic rings. The van der Waals surface area contributed by atoms with Crippen molar-refractivity contribution < 1.29 is 21.1 Å². The quantitative estimate of drug-likeness (QED) is 0.135. The Balaban J connectivity index is 0.00000704. The molecule has 11 rings (SSSR count). The van der Waals surface area contributed by atoms with Gasteiger partial charge < -0.3 is 19.3 Å². The van der Waals surface area contributed by atoms with E-state index >= 15 is 0 Å². The molecule has 8 aromatic carbocycles. The number of aromatic nitrogens is 2. The number of hydrogen-bond donors (Lipinski definition) is 0. The van der Waals surface area contributed by atoms with Crippen molar-refractivity contribution in [2.45, 2.75) is 124 Å². The van der Waals surface area contributed by atoms with E-state index in [1.54, 1.807) is 0 Å². The van der Waals surface area contributed by atoms with Crippen LogP contribution in [0, 0.1) is 18.8 Å². The number of pyridine rings is 1. The first kappa shape index (κ1) is 55.1. The molecule has 1 aliphatic heterocycles. The van der Waals surface area contributed by atoms with Crippen LogP contribution in [0.25, 0.3) is 38.8 Å². The van der Waals surface area contributed by atoms with Gasteiger partial charge in [-0.05, 0) is 126 Å². The van der Waals surface area contributed by atoms with E-state index in [0.29, 0.717) is 0 Å². The number of anilines is 7. The van der Waals surface area contributed by atoms with Crippen LogP contribution in [0.15, 0.2) is 188 Å². The van der Waals surface area contributed by atoms with E-state index in [1.165, 1.54) is 44.5 Å². The summed E-state index contributed by atoms with van der Waals surface area (Å²) >= 11 is 0. The molecule has 0 saturated heterocycles. The number of nitrogens with zero attached hydrogens (tertiary/aromatic N) is 5. The predicted octanol–water partition coefficient (Wildman–Crippen LogP) is 19.8. The van der Waals surface area contributed by atoms with E-state index < -0.39 is 0 Å². The first-order valence-electron chi connectivity index (χ1n) is 27.7. The maximum absolute atomic E-state index is 5.18. The first-order valence-corrected chi connectivity index (χ1v) is 27.7. The van der Waals surface area contributed by atoms with Crippen molar-refractivity contribution in [1.82, 2.24) is 9.55 Å². The average molecular weight is 1220 g/mol. The minimum atomic E-state index is -0.274. The van der Waals surface area contributed by atoms with Gasteiger partial charge in [0.15, 0.2) is 0 Å². The molecule has 79 heavy (non-hydrogen) atoms. The summed E-state index contributed by atoms with van der Waals surface area (Å²) in [6.45, 7) is 34.5. The van der Waals surface area contributed by atoms with E-state index in [4.69, 9.17) is 4.98 Å². The third-order valence-corrected chi connectivity index (χ3v) is 15.9. The molecule has 404 valence electrons. The summed E-state index contributed by atoms with van der Waals surface area (Å²) in [6, 6.07) is 74.7. The molecule has 0 saturated carbocycles. The standard InChI is InChI=1S/C73H74N5.Pt/c1-69(2,3)53-38-50(39-54(41-53)70(4,5)6)49-32-35-64-63(40-49)62-34-33-60(47-67(62)78(64)68-45-52(36-37-74-68)73(13,14)51-24-17-15-18-25-51)77(57-26-19-16-20-27-57)59-29-23-28-58(46-59)75-48-76(66-31-22-21-30-65(66)75)61-43-55(71(7,8)9)42-56(44-61)72(10,11)12;/h15-45,48H,1-14H3;/q-3;. The second-order valence-corrected chi connectivity index (χ2v) is 26.1. The maximum atomic E-state index is 5.18. The average Bonchev–Trinajstić information content (AvgIpc) is 4.23. The zero-order valence-electron chi connectivity index (χ0n) is 48.5. The van der Waals surface area contributed by atoms with Crippen LogP contribution in [0.3, 0.4) is 0 Å². The van der Waals surface area contributed by atoms with Gasteiger partial charge in [-0.3, -0.25) is 0 Å². The van der Waals surface area contributed by atoms with Crippen molar-refractivity contribution >= 4 is 61.6 Å². The molecular formula is C73H74N5Pt-3. The van der Waals surface area contributed by atoms with E-state index in [0.717, 1.165) is 67.4 Å². The summed E-state index contributed by atoms with van der Waals surface area (Å²) in [4.78, 5) is 12.1. The van der Waals surface area contributed by atoms with Crippen LogP contribution in [0.1, 0.15) is 130 Å². The van der Waals surface area contributed by atoms with E-state index in [2.05, 4.69) is 317 Å². The van der Waals surface area contributed by atoms with Crippen LogP contribution < -0.4 is 14.7 Å². The molecule has 0 atom stereocenters. The van der Waals surface area contributed by atoms with Crippen molar-refractivity contribution in [3.63, 3.8) is 0 Å². The van der Waals surface area contributed by atoms with Crippen LogP contribution >= 0.6 is 0 Å². The van der Waals surface area contributed by atoms with E-state index in [9.17, 15) is 0 Å². The van der Waals surface area contributed by atoms with E-state index in [1.807, 2.05) is 6.20 Å². The van der Waals surface area contributed by atoms with Crippen LogP contribution in [0.4, 0.5) is 39.8 Å². The van der Waals surface area contributed by atoms with Gasteiger partial charge in [0.05, 0.1) is 0 Å². The molecule has 0 unspecified atom stereocenters. The third kappa shape index (κ3) is 10.6. The van der Waals surface area contributed by atoms with Crippen molar-refractivity contribution in [1.29, 1.82) is 0 Å². The monoisotopic (exact) mass is 1220 g/mol. The summed E-state index contributed by atoms with van der Waals surface area (Å²) in [5, 5.41) is 2.25. The second kappa shape index (κ2) is 20.5. The summed E-state index contributed by atoms with van der Waals surface area (Å²) < 4.78 is 2.32. The number of benzene rings is 8. The zero-order valence-corrected chi connectivity index (χ0v) is 50.8. The Morgan fingerprint density at radius 1 is 0.430 bits per heavy atom. The number of hydrogen-bond acceptors (Lipinski definition) is 4. The fraction of sp³-hybridized carbons (Fsp3) is 0.260. The molecule has 0 radical (unpaired) electrons. The SMILES string of the molecule is CC(C)(C)c1cc(-c2ccc3c(c2)c2ccc(N(c4[c-]c(N5[CH-]N(c6cc(C(C)(C)C)cc(C(C)(C)C)c6)c6ccccc65)ccc4)c4ccccc4)[c-]c2n3-c2cc(C(C)(C)c3ccccc3)ccn2)cc(C(C)(C)C)c1.[Pt]. The molecule has 0 amide bonds. The van der Waals surface area contributed by atoms with Crippen molar-refractivity contribution in [3.05, 3.63) is 240 Å². The fourth-order valence-electron chi connectivity index (χ4n) is 10.9. The predicted molar refractivity (Wildman–Crippen MR) is 331 cm³/mol. The van der Waals surface area contributed by atoms with Gasteiger partial charge in [0.2, 0.25) is 0 Å². The maximum Gasteiger partial charge on any atom is 0.135 e. The first-order chi connectivity index (χ1) is 36.9. The normalized spacial score (nSPS) is 13.2. The zero-order chi connectivity index (χ0) is 55.1. The van der Waals surface area contributed by atoms with Gasteiger partial charge in [0.25, 0.3) is 0 Å². The Hall–Kier alpha value is -7.20. The Morgan fingerprint density at radius 2 is 0.987 bits per heavy atom. The Labute approximate surface area is 485 Å². The fourth-order valence-corrected chi connectivity index (χ4v) is 10.9. The molecule has 2 aromatic heterocycles. The smallest absolute Gasteiger partial charge is 0.135 e. The van der Waals surface area contributed by atoms with E-state index in [-0.39, 0.29) is 48.1 Å². The van der Waals surface area contributed by atoms with Crippen molar-refractivity contribution in [2.24, 2.45) is 0 Å². The number of fused-ring (bicyclic) bond motifs is 4. The Kier molecular flexibility index (Phi) is 14.3. The molecule has 0 fully saturated rings. The molecule has 3 heterocycles. The molecule has 0 aliphatic carbocycles. The number of rotatable bonds is 9. The summed E-state index contributed by atoms with van der Waals surface area (Å²) in [5.41, 5.74) is 18.9. The van der Waals surface area contributed by atoms with Gasteiger partial charge in [-0.15, -0.1) is 48.1 Å². The minimum absolute atomic E-state index is 0. The van der Waals surface area contributed by atoms with Crippen LogP contribution in [-0.4, -0.2) is 9.55 Å². The van der Waals surface area contributed by atoms with Gasteiger partial charge in [-0.2, -0.15) is 12.1 Å². The molecule has 0 N–H and O–H groups in total. The van der Waals surface area contributed by atoms with Crippen LogP contribution in [0.5, 0.6) is 0 Å². The summed E-state index contributed by atoms with van der Waals surface area (Å²) in [6.07, 6.45) is 1.97. The second-order valence-electron chi connectivity index (χ2n) is 26.1.